The first kappa shape index (κ1) is 11.1. The molecule has 0 aromatic heterocycles. The second-order valence-corrected chi connectivity index (χ2v) is 4.64. The monoisotopic (exact) mass is 240 g/mol. The Morgan fingerprint density at radius 3 is 2.39 bits per heavy atom. The molecule has 0 saturated carbocycles. The molecule has 2 nitrogen and oxygen atoms in total. The highest BCUT2D eigenvalue weighted by molar-refractivity contribution is 5.43. The second kappa shape index (κ2) is 4.37. The topological polar surface area (TPSA) is 18.5 Å². The van der Waals surface area contributed by atoms with Gasteiger partial charge in [-0.15, -0.1) is 0 Å². The van der Waals surface area contributed by atoms with Gasteiger partial charge in [0.1, 0.15) is 17.6 Å². The first-order valence-corrected chi connectivity index (χ1v) is 6.19. The number of fused-ring (bicyclic) bond motifs is 1. The number of hydrogen-bond acceptors (Lipinski definition) is 2. The molecule has 2 aromatic carbocycles. The van der Waals surface area contributed by atoms with E-state index in [-0.39, 0.29) is 6.10 Å². The van der Waals surface area contributed by atoms with Crippen molar-refractivity contribution in [3.63, 3.8) is 0 Å². The highest BCUT2D eigenvalue weighted by atomic mass is 16.5. The lowest BCUT2D eigenvalue weighted by molar-refractivity contribution is 0.216. The Kier molecular flexibility index (Phi) is 2.71. The van der Waals surface area contributed by atoms with Crippen LogP contribution >= 0.6 is 0 Å². The van der Waals surface area contributed by atoms with Crippen molar-refractivity contribution in [1.82, 2.24) is 0 Å². The van der Waals surface area contributed by atoms with E-state index in [1.807, 2.05) is 24.3 Å². The van der Waals surface area contributed by atoms with E-state index in [0.29, 0.717) is 5.92 Å². The highest BCUT2D eigenvalue weighted by Gasteiger charge is 2.31. The predicted octanol–water partition coefficient (Wildman–Crippen LogP) is 3.93. The molecule has 0 saturated heterocycles. The van der Waals surface area contributed by atoms with Crippen molar-refractivity contribution in [2.24, 2.45) is 0 Å². The van der Waals surface area contributed by atoms with E-state index in [2.05, 4.69) is 31.2 Å². The lowest BCUT2D eigenvalue weighted by Gasteiger charge is -2.16. The van der Waals surface area contributed by atoms with E-state index in [1.165, 1.54) is 11.1 Å². The first-order chi connectivity index (χ1) is 8.79. The van der Waals surface area contributed by atoms with Crippen molar-refractivity contribution in [1.29, 1.82) is 0 Å². The Morgan fingerprint density at radius 1 is 1.00 bits per heavy atom. The molecule has 3 rings (SSSR count). The molecule has 0 aliphatic carbocycles. The molecule has 1 aliphatic rings. The maximum atomic E-state index is 6.04. The van der Waals surface area contributed by atoms with Gasteiger partial charge in [0.15, 0.2) is 0 Å². The molecule has 0 fully saturated rings. The SMILES string of the molecule is COc1ccc([C@@H]2Oc3ccccc3[C@H]2C)cc1. The summed E-state index contributed by atoms with van der Waals surface area (Å²) in [5.74, 6) is 2.27. The molecular weight excluding hydrogens is 224 g/mol. The van der Waals surface area contributed by atoms with E-state index in [9.17, 15) is 0 Å². The zero-order valence-corrected chi connectivity index (χ0v) is 10.6. The van der Waals surface area contributed by atoms with Crippen molar-refractivity contribution in [2.45, 2.75) is 18.9 Å². The average Bonchev–Trinajstić information content (AvgIpc) is 2.77. The number of hydrogen-bond donors (Lipinski definition) is 0. The van der Waals surface area contributed by atoms with Crippen LogP contribution in [0.15, 0.2) is 48.5 Å². The minimum Gasteiger partial charge on any atom is -0.497 e. The molecule has 2 heteroatoms. The Morgan fingerprint density at radius 2 is 1.72 bits per heavy atom. The number of benzene rings is 2. The molecule has 18 heavy (non-hydrogen) atoms. The van der Waals surface area contributed by atoms with Crippen molar-refractivity contribution in [2.75, 3.05) is 7.11 Å². The molecular formula is C16H16O2. The van der Waals surface area contributed by atoms with Gasteiger partial charge in [0, 0.05) is 11.5 Å². The van der Waals surface area contributed by atoms with E-state index < -0.39 is 0 Å². The molecule has 0 bridgehead atoms. The third-order valence-corrected chi connectivity index (χ3v) is 3.56. The van der Waals surface area contributed by atoms with E-state index in [4.69, 9.17) is 9.47 Å². The van der Waals surface area contributed by atoms with Gasteiger partial charge in [0.25, 0.3) is 0 Å². The highest BCUT2D eigenvalue weighted by Crippen LogP contribution is 2.45. The smallest absolute Gasteiger partial charge is 0.130 e. The zero-order chi connectivity index (χ0) is 12.5. The summed E-state index contributed by atoms with van der Waals surface area (Å²) < 4.78 is 11.2. The van der Waals surface area contributed by atoms with Gasteiger partial charge in [-0.2, -0.15) is 0 Å². The van der Waals surface area contributed by atoms with Crippen LogP contribution in [-0.4, -0.2) is 7.11 Å². The maximum Gasteiger partial charge on any atom is 0.130 e. The van der Waals surface area contributed by atoms with Crippen molar-refractivity contribution >= 4 is 0 Å². The molecule has 2 atom stereocenters. The number of rotatable bonds is 2. The van der Waals surface area contributed by atoms with Crippen molar-refractivity contribution in [3.8, 4) is 11.5 Å². The van der Waals surface area contributed by atoms with Crippen LogP contribution in [0, 0.1) is 0 Å². The van der Waals surface area contributed by atoms with Crippen LogP contribution in [-0.2, 0) is 0 Å². The maximum absolute atomic E-state index is 6.04. The molecule has 0 N–H and O–H groups in total. The predicted molar refractivity (Wildman–Crippen MR) is 71.2 cm³/mol. The summed E-state index contributed by atoms with van der Waals surface area (Å²) in [6.45, 7) is 2.21. The third kappa shape index (κ3) is 1.74. The van der Waals surface area contributed by atoms with Crippen LogP contribution in [0.4, 0.5) is 0 Å². The molecule has 1 aliphatic heterocycles. The van der Waals surface area contributed by atoms with E-state index >= 15 is 0 Å². The summed E-state index contributed by atoms with van der Waals surface area (Å²) in [4.78, 5) is 0. The van der Waals surface area contributed by atoms with Crippen LogP contribution in [0.1, 0.15) is 30.1 Å². The van der Waals surface area contributed by atoms with Gasteiger partial charge in [0.05, 0.1) is 7.11 Å². The fourth-order valence-electron chi connectivity index (χ4n) is 2.52. The van der Waals surface area contributed by atoms with E-state index in [0.717, 1.165) is 11.5 Å². The second-order valence-electron chi connectivity index (χ2n) is 4.64. The normalized spacial score (nSPS) is 21.2. The molecule has 0 spiro atoms. The Labute approximate surface area is 107 Å². The summed E-state index contributed by atoms with van der Waals surface area (Å²) in [6.07, 6.45) is 0.105. The molecule has 2 aromatic rings. The summed E-state index contributed by atoms with van der Waals surface area (Å²) in [5, 5.41) is 0. The van der Waals surface area contributed by atoms with Crippen LogP contribution in [0.25, 0.3) is 0 Å². The average molecular weight is 240 g/mol. The molecule has 92 valence electrons. The molecule has 0 unspecified atom stereocenters. The quantitative estimate of drug-likeness (QED) is 0.791. The largest absolute Gasteiger partial charge is 0.497 e. The van der Waals surface area contributed by atoms with Gasteiger partial charge in [-0.1, -0.05) is 37.3 Å². The van der Waals surface area contributed by atoms with Crippen LogP contribution in [0.2, 0.25) is 0 Å². The molecule has 1 heterocycles. The lowest BCUT2D eigenvalue weighted by Crippen LogP contribution is -2.06. The fraction of sp³-hybridized carbons (Fsp3) is 0.250. The molecule has 0 amide bonds. The zero-order valence-electron chi connectivity index (χ0n) is 10.6. The summed E-state index contributed by atoms with van der Waals surface area (Å²) in [7, 11) is 1.68. The minimum absolute atomic E-state index is 0.105. The van der Waals surface area contributed by atoms with Crippen LogP contribution in [0.5, 0.6) is 11.5 Å². The molecule has 0 radical (unpaired) electrons. The van der Waals surface area contributed by atoms with Gasteiger partial charge in [0.2, 0.25) is 0 Å². The van der Waals surface area contributed by atoms with Crippen molar-refractivity contribution < 1.29 is 9.47 Å². The van der Waals surface area contributed by atoms with Crippen molar-refractivity contribution in [3.05, 3.63) is 59.7 Å². The third-order valence-electron chi connectivity index (χ3n) is 3.56. The van der Waals surface area contributed by atoms with E-state index in [1.54, 1.807) is 7.11 Å². The summed E-state index contributed by atoms with van der Waals surface area (Å²) >= 11 is 0. The lowest BCUT2D eigenvalue weighted by atomic mass is 9.93. The standard InChI is InChI=1S/C16H16O2/c1-11-14-5-3-4-6-15(14)18-16(11)12-7-9-13(17-2)10-8-12/h3-11,16H,1-2H3/t11-,16-/m1/s1. The first-order valence-electron chi connectivity index (χ1n) is 6.19. The summed E-state index contributed by atoms with van der Waals surface area (Å²) in [5.41, 5.74) is 2.48. The Bertz CT molecular complexity index is 545. The Balaban J connectivity index is 1.91. The van der Waals surface area contributed by atoms with Crippen LogP contribution in [0.3, 0.4) is 0 Å². The van der Waals surface area contributed by atoms with Gasteiger partial charge >= 0.3 is 0 Å². The fourth-order valence-corrected chi connectivity index (χ4v) is 2.52. The van der Waals surface area contributed by atoms with Gasteiger partial charge in [-0.3, -0.25) is 0 Å². The van der Waals surface area contributed by atoms with Gasteiger partial charge in [-0.25, -0.2) is 0 Å². The van der Waals surface area contributed by atoms with Gasteiger partial charge in [-0.05, 0) is 23.8 Å². The number of para-hydroxylation sites is 1. The number of ether oxygens (including phenoxy) is 2. The van der Waals surface area contributed by atoms with Crippen LogP contribution < -0.4 is 9.47 Å². The summed E-state index contributed by atoms with van der Waals surface area (Å²) in [6, 6.07) is 16.4. The number of methoxy groups -OCH3 is 1. The van der Waals surface area contributed by atoms with Gasteiger partial charge < -0.3 is 9.47 Å². The Hall–Kier alpha value is -1.96. The minimum atomic E-state index is 0.105.